The number of aliphatic carboxylic acids is 1. The number of rotatable bonds is 5. The summed E-state index contributed by atoms with van der Waals surface area (Å²) in [5, 5.41) is 8.96. The molecule has 0 radical (unpaired) electrons. The number of carbonyl (C=O) groups is 1. The summed E-state index contributed by atoms with van der Waals surface area (Å²) in [6.07, 6.45) is 3.91. The van der Waals surface area contributed by atoms with Crippen LogP contribution in [0.15, 0.2) is 0 Å². The van der Waals surface area contributed by atoms with Gasteiger partial charge in [0.05, 0.1) is 0 Å². The molecule has 0 bridgehead atoms. The Bertz CT molecular complexity index is 300. The second-order valence-corrected chi connectivity index (χ2v) is 7.31. The fourth-order valence-electron chi connectivity index (χ4n) is 2.80. The van der Waals surface area contributed by atoms with Gasteiger partial charge in [-0.25, -0.2) is 0 Å². The van der Waals surface area contributed by atoms with E-state index in [0.717, 1.165) is 32.0 Å². The van der Waals surface area contributed by atoms with Gasteiger partial charge in [0.15, 0.2) is 0 Å². The van der Waals surface area contributed by atoms with Crippen molar-refractivity contribution < 1.29 is 9.90 Å². The summed E-state index contributed by atoms with van der Waals surface area (Å²) in [5.74, 6) is -0.0958. The molecule has 0 aromatic rings. The van der Waals surface area contributed by atoms with Crippen molar-refractivity contribution in [1.82, 2.24) is 4.90 Å². The molecule has 1 rings (SSSR count). The van der Waals surface area contributed by atoms with Gasteiger partial charge in [-0.1, -0.05) is 20.8 Å². The lowest BCUT2D eigenvalue weighted by atomic mass is 9.75. The van der Waals surface area contributed by atoms with Crippen LogP contribution in [-0.4, -0.2) is 41.1 Å². The van der Waals surface area contributed by atoms with E-state index in [9.17, 15) is 4.79 Å². The Morgan fingerprint density at radius 2 is 1.79 bits per heavy atom. The van der Waals surface area contributed by atoms with Crippen molar-refractivity contribution in [2.45, 2.75) is 58.9 Å². The van der Waals surface area contributed by atoms with E-state index in [1.165, 1.54) is 12.8 Å². The van der Waals surface area contributed by atoms with Gasteiger partial charge in [-0.15, -0.1) is 0 Å². The van der Waals surface area contributed by atoms with Crippen LogP contribution in [0, 0.1) is 11.3 Å². The summed E-state index contributed by atoms with van der Waals surface area (Å²) in [7, 11) is 0. The Morgan fingerprint density at radius 1 is 1.26 bits per heavy atom. The van der Waals surface area contributed by atoms with Gasteiger partial charge >= 0.3 is 5.97 Å². The highest BCUT2D eigenvalue weighted by molar-refractivity contribution is 5.77. The molecule has 4 nitrogen and oxygen atoms in total. The molecule has 0 saturated carbocycles. The Hall–Kier alpha value is -0.610. The Morgan fingerprint density at radius 3 is 2.21 bits per heavy atom. The SMILES string of the molecule is CC(N)(CCCN1CCC(C(C)(C)C)CC1)C(=O)O. The third-order valence-corrected chi connectivity index (χ3v) is 4.47. The molecule has 3 N–H and O–H groups in total. The monoisotopic (exact) mass is 270 g/mol. The molecule has 1 saturated heterocycles. The third-order valence-electron chi connectivity index (χ3n) is 4.47. The van der Waals surface area contributed by atoms with Crippen molar-refractivity contribution in [3.8, 4) is 0 Å². The number of hydrogen-bond donors (Lipinski definition) is 2. The molecule has 0 amide bonds. The first kappa shape index (κ1) is 16.4. The average Bonchev–Trinajstić information content (AvgIpc) is 2.28. The number of likely N-dealkylation sites (tertiary alicyclic amines) is 1. The van der Waals surface area contributed by atoms with Gasteiger partial charge in [0.1, 0.15) is 5.54 Å². The fourth-order valence-corrected chi connectivity index (χ4v) is 2.80. The van der Waals surface area contributed by atoms with Gasteiger partial charge < -0.3 is 15.7 Å². The molecule has 0 spiro atoms. The number of nitrogens with two attached hydrogens (primary N) is 1. The summed E-state index contributed by atoms with van der Waals surface area (Å²) in [6.45, 7) is 11.8. The van der Waals surface area contributed by atoms with Gasteiger partial charge in [0.25, 0.3) is 0 Å². The number of hydrogen-bond acceptors (Lipinski definition) is 3. The molecular weight excluding hydrogens is 240 g/mol. The largest absolute Gasteiger partial charge is 0.480 e. The predicted molar refractivity (Wildman–Crippen MR) is 78.1 cm³/mol. The van der Waals surface area contributed by atoms with E-state index in [1.54, 1.807) is 6.92 Å². The lowest BCUT2D eigenvalue weighted by Gasteiger charge is -2.39. The molecule has 1 heterocycles. The Kier molecular flexibility index (Phi) is 5.39. The number of nitrogens with zero attached hydrogens (tertiary/aromatic N) is 1. The van der Waals surface area contributed by atoms with E-state index in [1.807, 2.05) is 0 Å². The molecule has 1 fully saturated rings. The molecule has 1 aliphatic rings. The smallest absolute Gasteiger partial charge is 0.323 e. The molecule has 0 aromatic heterocycles. The maximum atomic E-state index is 10.9. The first-order valence-corrected chi connectivity index (χ1v) is 7.37. The highest BCUT2D eigenvalue weighted by Gasteiger charge is 2.30. The van der Waals surface area contributed by atoms with Crippen LogP contribution >= 0.6 is 0 Å². The van der Waals surface area contributed by atoms with Crippen LogP contribution in [0.3, 0.4) is 0 Å². The van der Waals surface area contributed by atoms with Crippen LogP contribution in [0.1, 0.15) is 53.4 Å². The Labute approximate surface area is 117 Å². The minimum Gasteiger partial charge on any atom is -0.480 e. The fraction of sp³-hybridized carbons (Fsp3) is 0.933. The second-order valence-electron chi connectivity index (χ2n) is 7.31. The lowest BCUT2D eigenvalue weighted by molar-refractivity contribution is -0.143. The normalized spacial score (nSPS) is 22.2. The van der Waals surface area contributed by atoms with Crippen LogP contribution in [0.4, 0.5) is 0 Å². The van der Waals surface area contributed by atoms with Gasteiger partial charge in [-0.2, -0.15) is 0 Å². The van der Waals surface area contributed by atoms with E-state index in [4.69, 9.17) is 10.8 Å². The van der Waals surface area contributed by atoms with E-state index in [-0.39, 0.29) is 0 Å². The van der Waals surface area contributed by atoms with E-state index < -0.39 is 11.5 Å². The van der Waals surface area contributed by atoms with Crippen LogP contribution in [0.2, 0.25) is 0 Å². The summed E-state index contributed by atoms with van der Waals surface area (Å²) in [5.41, 5.74) is 5.06. The van der Waals surface area contributed by atoms with Crippen molar-refractivity contribution in [1.29, 1.82) is 0 Å². The van der Waals surface area contributed by atoms with Crippen molar-refractivity contribution in [2.75, 3.05) is 19.6 Å². The molecule has 1 atom stereocenters. The van der Waals surface area contributed by atoms with Crippen LogP contribution in [-0.2, 0) is 4.79 Å². The number of piperidine rings is 1. The molecule has 0 aromatic carbocycles. The van der Waals surface area contributed by atoms with Crippen molar-refractivity contribution >= 4 is 5.97 Å². The minimum absolute atomic E-state index is 0.408. The lowest BCUT2D eigenvalue weighted by Crippen LogP contribution is -2.45. The molecule has 0 aliphatic carbocycles. The van der Waals surface area contributed by atoms with Crippen LogP contribution in [0.5, 0.6) is 0 Å². The van der Waals surface area contributed by atoms with E-state index >= 15 is 0 Å². The van der Waals surface area contributed by atoms with Crippen molar-refractivity contribution in [3.63, 3.8) is 0 Å². The van der Waals surface area contributed by atoms with E-state index in [2.05, 4.69) is 25.7 Å². The topological polar surface area (TPSA) is 66.6 Å². The maximum Gasteiger partial charge on any atom is 0.323 e. The first-order valence-electron chi connectivity index (χ1n) is 7.37. The number of carboxylic acids is 1. The quantitative estimate of drug-likeness (QED) is 0.804. The maximum absolute atomic E-state index is 10.9. The second kappa shape index (κ2) is 6.23. The number of carboxylic acid groups (broad SMARTS) is 1. The van der Waals surface area contributed by atoms with Crippen LogP contribution in [0.25, 0.3) is 0 Å². The predicted octanol–water partition coefficient (Wildman–Crippen LogP) is 2.33. The molecular formula is C15H30N2O2. The summed E-state index contributed by atoms with van der Waals surface area (Å²) < 4.78 is 0. The Balaban J connectivity index is 2.26. The van der Waals surface area contributed by atoms with Gasteiger partial charge in [-0.05, 0) is 63.6 Å². The molecule has 4 heteroatoms. The van der Waals surface area contributed by atoms with E-state index in [0.29, 0.717) is 11.8 Å². The summed E-state index contributed by atoms with van der Waals surface area (Å²) in [6, 6.07) is 0. The minimum atomic E-state index is -1.08. The highest BCUT2D eigenvalue weighted by Crippen LogP contribution is 2.34. The first-order chi connectivity index (χ1) is 8.63. The van der Waals surface area contributed by atoms with Crippen molar-refractivity contribution in [3.05, 3.63) is 0 Å². The van der Waals surface area contributed by atoms with Crippen LogP contribution < -0.4 is 5.73 Å². The van der Waals surface area contributed by atoms with Crippen molar-refractivity contribution in [2.24, 2.45) is 17.1 Å². The zero-order chi connectivity index (χ0) is 14.7. The highest BCUT2D eigenvalue weighted by atomic mass is 16.4. The standard InChI is InChI=1S/C15H30N2O2/c1-14(2,3)12-6-10-17(11-7-12)9-5-8-15(4,16)13(18)19/h12H,5-11,16H2,1-4H3,(H,18,19). The molecule has 112 valence electrons. The van der Waals surface area contributed by atoms with Gasteiger partial charge in [0.2, 0.25) is 0 Å². The van der Waals surface area contributed by atoms with Gasteiger partial charge in [0, 0.05) is 0 Å². The average molecular weight is 270 g/mol. The zero-order valence-corrected chi connectivity index (χ0v) is 12.9. The molecule has 19 heavy (non-hydrogen) atoms. The van der Waals surface area contributed by atoms with Gasteiger partial charge in [-0.3, -0.25) is 4.79 Å². The third kappa shape index (κ3) is 5.11. The molecule has 1 unspecified atom stereocenters. The summed E-state index contributed by atoms with van der Waals surface area (Å²) >= 11 is 0. The molecule has 1 aliphatic heterocycles. The zero-order valence-electron chi connectivity index (χ0n) is 12.9. The summed E-state index contributed by atoms with van der Waals surface area (Å²) in [4.78, 5) is 13.4.